The SMILES string of the molecule is Cc1ccc(C2(Oc3c(F)c(F)c(F)c(F)c3F)CC3CCC(C2)N3)cc1. The van der Waals surface area contributed by atoms with E-state index in [1.165, 1.54) is 0 Å². The van der Waals surface area contributed by atoms with Crippen LogP contribution in [-0.2, 0) is 5.60 Å². The van der Waals surface area contributed by atoms with Gasteiger partial charge in [0.2, 0.25) is 29.1 Å². The summed E-state index contributed by atoms with van der Waals surface area (Å²) >= 11 is 0. The molecule has 0 radical (unpaired) electrons. The van der Waals surface area contributed by atoms with Crippen LogP contribution in [0.15, 0.2) is 24.3 Å². The Morgan fingerprint density at radius 1 is 0.815 bits per heavy atom. The quantitative estimate of drug-likeness (QED) is 0.463. The molecule has 144 valence electrons. The maximum Gasteiger partial charge on any atom is 0.207 e. The third-order valence-corrected chi connectivity index (χ3v) is 5.53. The van der Waals surface area contributed by atoms with Crippen molar-refractivity contribution in [3.05, 3.63) is 64.5 Å². The monoisotopic (exact) mass is 383 g/mol. The minimum absolute atomic E-state index is 0.0614. The first-order chi connectivity index (χ1) is 12.8. The molecule has 1 N–H and O–H groups in total. The molecule has 2 aromatic carbocycles. The summed E-state index contributed by atoms with van der Waals surface area (Å²) in [6, 6.07) is 7.36. The van der Waals surface area contributed by atoms with Gasteiger partial charge in [-0.3, -0.25) is 0 Å². The molecule has 2 aliphatic rings. The summed E-state index contributed by atoms with van der Waals surface area (Å²) in [7, 11) is 0. The molecule has 2 nitrogen and oxygen atoms in total. The number of rotatable bonds is 3. The topological polar surface area (TPSA) is 21.3 Å². The van der Waals surface area contributed by atoms with Gasteiger partial charge in [0, 0.05) is 24.9 Å². The van der Waals surface area contributed by atoms with Crippen molar-refractivity contribution >= 4 is 0 Å². The van der Waals surface area contributed by atoms with E-state index in [-0.39, 0.29) is 12.1 Å². The molecule has 0 amide bonds. The Labute approximate surface area is 153 Å². The molecular weight excluding hydrogens is 365 g/mol. The second-order valence-corrected chi connectivity index (χ2v) is 7.41. The zero-order valence-electron chi connectivity index (χ0n) is 14.6. The van der Waals surface area contributed by atoms with E-state index in [4.69, 9.17) is 4.74 Å². The van der Waals surface area contributed by atoms with Crippen LogP contribution < -0.4 is 10.1 Å². The van der Waals surface area contributed by atoms with E-state index >= 15 is 0 Å². The Bertz CT molecular complexity index is 842. The molecule has 27 heavy (non-hydrogen) atoms. The molecule has 2 aliphatic heterocycles. The number of hydrogen-bond donors (Lipinski definition) is 1. The zero-order chi connectivity index (χ0) is 19.3. The number of nitrogens with one attached hydrogen (secondary N) is 1. The first kappa shape index (κ1) is 18.2. The summed E-state index contributed by atoms with van der Waals surface area (Å²) in [5.41, 5.74) is 0.487. The van der Waals surface area contributed by atoms with Crippen LogP contribution in [0.1, 0.15) is 36.8 Å². The highest BCUT2D eigenvalue weighted by Gasteiger charge is 2.48. The Balaban J connectivity index is 1.83. The van der Waals surface area contributed by atoms with Gasteiger partial charge in [-0.05, 0) is 25.3 Å². The van der Waals surface area contributed by atoms with Gasteiger partial charge in [-0.1, -0.05) is 29.8 Å². The fourth-order valence-corrected chi connectivity index (χ4v) is 4.21. The lowest BCUT2D eigenvalue weighted by Crippen LogP contribution is -2.50. The largest absolute Gasteiger partial charge is 0.476 e. The average Bonchev–Trinajstić information content (AvgIpc) is 3.01. The lowest BCUT2D eigenvalue weighted by atomic mass is 9.81. The van der Waals surface area contributed by atoms with Gasteiger partial charge in [0.25, 0.3) is 0 Å². The average molecular weight is 383 g/mol. The van der Waals surface area contributed by atoms with E-state index in [2.05, 4.69) is 5.32 Å². The van der Waals surface area contributed by atoms with Crippen molar-refractivity contribution in [2.75, 3.05) is 0 Å². The van der Waals surface area contributed by atoms with Crippen molar-refractivity contribution in [2.24, 2.45) is 0 Å². The zero-order valence-corrected chi connectivity index (χ0v) is 14.6. The molecule has 2 heterocycles. The summed E-state index contributed by atoms with van der Waals surface area (Å²) in [5, 5.41) is 3.40. The number of piperidine rings is 1. The molecule has 2 aromatic rings. The predicted molar refractivity (Wildman–Crippen MR) is 88.9 cm³/mol. The molecule has 0 aliphatic carbocycles. The summed E-state index contributed by atoms with van der Waals surface area (Å²) in [6.07, 6.45) is 2.51. The second-order valence-electron chi connectivity index (χ2n) is 7.41. The van der Waals surface area contributed by atoms with Crippen LogP contribution in [0.2, 0.25) is 0 Å². The number of hydrogen-bond acceptors (Lipinski definition) is 2. The van der Waals surface area contributed by atoms with Gasteiger partial charge in [-0.15, -0.1) is 0 Å². The first-order valence-electron chi connectivity index (χ1n) is 8.84. The van der Waals surface area contributed by atoms with Crippen molar-refractivity contribution in [3.8, 4) is 5.75 Å². The van der Waals surface area contributed by atoms with E-state index < -0.39 is 40.4 Å². The Morgan fingerprint density at radius 2 is 1.30 bits per heavy atom. The van der Waals surface area contributed by atoms with Gasteiger partial charge in [0.15, 0.2) is 5.75 Å². The number of aryl methyl sites for hydroxylation is 1. The molecule has 2 unspecified atom stereocenters. The fourth-order valence-electron chi connectivity index (χ4n) is 4.21. The van der Waals surface area contributed by atoms with Crippen molar-refractivity contribution in [1.29, 1.82) is 0 Å². The summed E-state index contributed by atoms with van der Waals surface area (Å²) < 4.78 is 74.9. The van der Waals surface area contributed by atoms with Crippen LogP contribution in [0.3, 0.4) is 0 Å². The van der Waals surface area contributed by atoms with Crippen LogP contribution in [0.4, 0.5) is 22.0 Å². The van der Waals surface area contributed by atoms with Gasteiger partial charge >= 0.3 is 0 Å². The van der Waals surface area contributed by atoms with Crippen molar-refractivity contribution in [1.82, 2.24) is 5.32 Å². The van der Waals surface area contributed by atoms with Crippen LogP contribution in [0.5, 0.6) is 5.75 Å². The number of ether oxygens (including phenoxy) is 1. The summed E-state index contributed by atoms with van der Waals surface area (Å²) in [4.78, 5) is 0. The number of halogens is 5. The molecule has 2 fully saturated rings. The van der Waals surface area contributed by atoms with Gasteiger partial charge in [0.05, 0.1) is 0 Å². The lowest BCUT2D eigenvalue weighted by Gasteiger charge is -2.42. The molecule has 7 heteroatoms. The highest BCUT2D eigenvalue weighted by molar-refractivity contribution is 5.35. The highest BCUT2D eigenvalue weighted by atomic mass is 19.2. The minimum atomic E-state index is -2.19. The maximum absolute atomic E-state index is 14.3. The third kappa shape index (κ3) is 2.98. The van der Waals surface area contributed by atoms with E-state index in [1.54, 1.807) is 12.1 Å². The number of benzene rings is 2. The highest BCUT2D eigenvalue weighted by Crippen LogP contribution is 2.45. The van der Waals surface area contributed by atoms with E-state index in [0.717, 1.165) is 18.4 Å². The van der Waals surface area contributed by atoms with E-state index in [9.17, 15) is 22.0 Å². The molecule has 0 spiro atoms. The minimum Gasteiger partial charge on any atom is -0.476 e. The van der Waals surface area contributed by atoms with Crippen molar-refractivity contribution in [2.45, 2.75) is 50.3 Å². The Kier molecular flexibility index (Phi) is 4.37. The van der Waals surface area contributed by atoms with Crippen LogP contribution in [0, 0.1) is 36.0 Å². The predicted octanol–water partition coefficient (Wildman–Crippen LogP) is 4.88. The van der Waals surface area contributed by atoms with Gasteiger partial charge in [0.1, 0.15) is 5.60 Å². The molecule has 0 aromatic heterocycles. The molecule has 2 atom stereocenters. The van der Waals surface area contributed by atoms with Gasteiger partial charge in [-0.25, -0.2) is 13.2 Å². The second kappa shape index (κ2) is 6.48. The van der Waals surface area contributed by atoms with Gasteiger partial charge < -0.3 is 10.1 Å². The van der Waals surface area contributed by atoms with Gasteiger partial charge in [-0.2, -0.15) is 8.78 Å². The Morgan fingerprint density at radius 3 is 1.81 bits per heavy atom. The number of fused-ring (bicyclic) bond motifs is 2. The summed E-state index contributed by atoms with van der Waals surface area (Å²) in [6.45, 7) is 1.90. The molecule has 0 saturated carbocycles. The molecular formula is C20H18F5NO. The maximum atomic E-state index is 14.3. The first-order valence-corrected chi connectivity index (χ1v) is 8.84. The lowest BCUT2D eigenvalue weighted by molar-refractivity contribution is 0.00578. The van der Waals surface area contributed by atoms with E-state index in [1.807, 2.05) is 19.1 Å². The van der Waals surface area contributed by atoms with Crippen LogP contribution >= 0.6 is 0 Å². The Hall–Kier alpha value is -2.15. The summed E-state index contributed by atoms with van der Waals surface area (Å²) in [5.74, 6) is -11.3. The van der Waals surface area contributed by atoms with Crippen LogP contribution in [0.25, 0.3) is 0 Å². The van der Waals surface area contributed by atoms with E-state index in [0.29, 0.717) is 18.4 Å². The van der Waals surface area contributed by atoms with Crippen molar-refractivity contribution in [3.63, 3.8) is 0 Å². The smallest absolute Gasteiger partial charge is 0.207 e. The van der Waals surface area contributed by atoms with Crippen LogP contribution in [-0.4, -0.2) is 12.1 Å². The third-order valence-electron chi connectivity index (χ3n) is 5.53. The molecule has 2 saturated heterocycles. The van der Waals surface area contributed by atoms with Crippen molar-refractivity contribution < 1.29 is 26.7 Å². The molecule has 2 bridgehead atoms. The normalized spacial score (nSPS) is 27.0. The molecule has 4 rings (SSSR count). The fraction of sp³-hybridized carbons (Fsp3) is 0.400. The standard InChI is InChI=1S/C20H18F5NO/c1-10-2-4-11(5-3-10)20(8-12-6-7-13(9-20)26-12)27-19-17(24)15(22)14(21)16(23)18(19)25/h2-5,12-13,26H,6-9H2,1H3.